The van der Waals surface area contributed by atoms with Crippen LogP contribution >= 0.6 is 0 Å². The molecule has 1 amide bonds. The number of nitrogens with zero attached hydrogens (tertiary/aromatic N) is 6. The smallest absolute Gasteiger partial charge is 0.269 e. The molecule has 5 heterocycles. The molecule has 10 nitrogen and oxygen atoms in total. The number of carbonyl (C=O) groups is 1. The molecule has 0 spiro atoms. The molecule has 2 fully saturated rings. The van der Waals surface area contributed by atoms with Crippen molar-refractivity contribution in [1.82, 2.24) is 20.1 Å². The van der Waals surface area contributed by atoms with E-state index in [-0.39, 0.29) is 29.7 Å². The standard InChI is InChI=1S/C29H31N7O3/c1-19-24(17-32-33-29(19)38)36-18-21-4-2-3-5-23(21)28(36)25-8-7-22(39-25)14-27(37)35-12-10-34(11-13-35)26-9-6-20(15-30)16-31-26/h2-6,9,16-17,22,25,28H,7-8,10-14,18H2,1H3,(H,33,38)/t22-,25+,28+/m1/s1. The number of rotatable bonds is 5. The summed E-state index contributed by atoms with van der Waals surface area (Å²) in [5.41, 5.74) is 4.24. The van der Waals surface area contributed by atoms with Gasteiger partial charge in [0.05, 0.1) is 42.1 Å². The van der Waals surface area contributed by atoms with E-state index >= 15 is 0 Å². The van der Waals surface area contributed by atoms with Crippen LogP contribution in [0.4, 0.5) is 11.5 Å². The van der Waals surface area contributed by atoms with Gasteiger partial charge in [-0.1, -0.05) is 24.3 Å². The van der Waals surface area contributed by atoms with Gasteiger partial charge < -0.3 is 19.4 Å². The van der Waals surface area contributed by atoms with Gasteiger partial charge in [0.15, 0.2) is 0 Å². The maximum atomic E-state index is 13.2. The first kappa shape index (κ1) is 25.1. The molecule has 0 aliphatic carbocycles. The van der Waals surface area contributed by atoms with Crippen molar-refractivity contribution in [3.63, 3.8) is 0 Å². The highest BCUT2D eigenvalue weighted by Crippen LogP contribution is 2.44. The van der Waals surface area contributed by atoms with Gasteiger partial charge in [-0.05, 0) is 43.0 Å². The highest BCUT2D eigenvalue weighted by molar-refractivity contribution is 5.77. The summed E-state index contributed by atoms with van der Waals surface area (Å²) in [7, 11) is 0. The van der Waals surface area contributed by atoms with Gasteiger partial charge in [-0.2, -0.15) is 10.4 Å². The number of nitriles is 1. The third-order valence-corrected chi connectivity index (χ3v) is 8.17. The summed E-state index contributed by atoms with van der Waals surface area (Å²) in [6, 6.07) is 14.0. The molecule has 200 valence electrons. The van der Waals surface area contributed by atoms with Gasteiger partial charge in [0, 0.05) is 44.5 Å². The van der Waals surface area contributed by atoms with E-state index in [9.17, 15) is 9.59 Å². The molecule has 1 aromatic carbocycles. The molecule has 0 unspecified atom stereocenters. The van der Waals surface area contributed by atoms with Crippen molar-refractivity contribution >= 4 is 17.4 Å². The molecule has 3 atom stereocenters. The van der Waals surface area contributed by atoms with E-state index in [1.807, 2.05) is 30.0 Å². The van der Waals surface area contributed by atoms with Crippen LogP contribution in [0.15, 0.2) is 53.6 Å². The van der Waals surface area contributed by atoms with Crippen molar-refractivity contribution in [2.75, 3.05) is 36.0 Å². The van der Waals surface area contributed by atoms with E-state index in [2.05, 4.69) is 43.2 Å². The predicted octanol–water partition coefficient (Wildman–Crippen LogP) is 2.69. The number of fused-ring (bicyclic) bond motifs is 1. The number of aromatic amines is 1. The highest BCUT2D eigenvalue weighted by atomic mass is 16.5. The highest BCUT2D eigenvalue weighted by Gasteiger charge is 2.42. The van der Waals surface area contributed by atoms with E-state index < -0.39 is 0 Å². The number of pyridine rings is 1. The number of piperazine rings is 1. The molecule has 0 bridgehead atoms. The summed E-state index contributed by atoms with van der Waals surface area (Å²) in [4.78, 5) is 36.2. The number of nitrogens with one attached hydrogen (secondary N) is 1. The lowest BCUT2D eigenvalue weighted by molar-refractivity contribution is -0.134. The van der Waals surface area contributed by atoms with Crippen molar-refractivity contribution in [1.29, 1.82) is 5.26 Å². The van der Waals surface area contributed by atoms with Crippen LogP contribution in [0.3, 0.4) is 0 Å². The van der Waals surface area contributed by atoms with Gasteiger partial charge in [-0.3, -0.25) is 9.59 Å². The molecule has 3 aliphatic heterocycles. The Hall–Kier alpha value is -4.23. The average molecular weight is 526 g/mol. The molecular formula is C29H31N7O3. The van der Waals surface area contributed by atoms with Crippen LogP contribution in [-0.4, -0.2) is 64.4 Å². The fourth-order valence-electron chi connectivity index (χ4n) is 6.06. The molecule has 1 N–H and O–H groups in total. The minimum absolute atomic E-state index is 0.0351. The van der Waals surface area contributed by atoms with Crippen molar-refractivity contribution in [2.24, 2.45) is 0 Å². The molecule has 2 saturated heterocycles. The monoisotopic (exact) mass is 525 g/mol. The minimum atomic E-state index is -0.187. The fraction of sp³-hybridized carbons (Fsp3) is 0.414. The molecule has 39 heavy (non-hydrogen) atoms. The Balaban J connectivity index is 1.10. The number of hydrogen-bond acceptors (Lipinski definition) is 8. The summed E-state index contributed by atoms with van der Waals surface area (Å²) >= 11 is 0. The lowest BCUT2D eigenvalue weighted by atomic mass is 9.98. The normalized spacial score (nSPS) is 22.6. The fourth-order valence-corrected chi connectivity index (χ4v) is 6.06. The van der Waals surface area contributed by atoms with Gasteiger partial charge in [0.25, 0.3) is 5.56 Å². The lowest BCUT2D eigenvalue weighted by Gasteiger charge is -2.36. The van der Waals surface area contributed by atoms with Crippen LogP contribution in [-0.2, 0) is 16.1 Å². The zero-order valence-electron chi connectivity index (χ0n) is 21.9. The lowest BCUT2D eigenvalue weighted by Crippen LogP contribution is -2.49. The summed E-state index contributed by atoms with van der Waals surface area (Å²) < 4.78 is 6.56. The molecule has 3 aromatic rings. The maximum Gasteiger partial charge on any atom is 0.269 e. The average Bonchev–Trinajstić information content (AvgIpc) is 3.59. The number of anilines is 2. The number of aromatic nitrogens is 3. The topological polar surface area (TPSA) is 118 Å². The second-order valence-electron chi connectivity index (χ2n) is 10.4. The third-order valence-electron chi connectivity index (χ3n) is 8.17. The predicted molar refractivity (Wildman–Crippen MR) is 145 cm³/mol. The van der Waals surface area contributed by atoms with Gasteiger partial charge in [0.2, 0.25) is 5.91 Å². The SMILES string of the molecule is Cc1c(N2Cc3ccccc3[C@H]2[C@@H]2CC[C@H](CC(=O)N3CCN(c4ccc(C#N)cn4)CC3)O2)cn[nH]c1=O. The Morgan fingerprint density at radius 1 is 1.13 bits per heavy atom. The quantitative estimate of drug-likeness (QED) is 0.540. The van der Waals surface area contributed by atoms with Gasteiger partial charge in [-0.15, -0.1) is 0 Å². The first-order valence-electron chi connectivity index (χ1n) is 13.4. The molecule has 0 radical (unpaired) electrons. The summed E-state index contributed by atoms with van der Waals surface area (Å²) in [5, 5.41) is 15.6. The van der Waals surface area contributed by atoms with Crippen LogP contribution < -0.4 is 15.4 Å². The van der Waals surface area contributed by atoms with E-state index in [4.69, 9.17) is 10.00 Å². The summed E-state index contributed by atoms with van der Waals surface area (Å²) in [5.74, 6) is 0.946. The van der Waals surface area contributed by atoms with Crippen LogP contribution in [0.5, 0.6) is 0 Å². The van der Waals surface area contributed by atoms with Gasteiger partial charge in [-0.25, -0.2) is 10.1 Å². The second-order valence-corrected chi connectivity index (χ2v) is 10.4. The van der Waals surface area contributed by atoms with Crippen LogP contribution in [0.1, 0.15) is 47.6 Å². The Labute approximate surface area is 226 Å². The van der Waals surface area contributed by atoms with Crippen LogP contribution in [0.2, 0.25) is 0 Å². The first-order chi connectivity index (χ1) is 19.0. The van der Waals surface area contributed by atoms with E-state index in [0.29, 0.717) is 50.3 Å². The van der Waals surface area contributed by atoms with E-state index in [1.165, 1.54) is 11.1 Å². The van der Waals surface area contributed by atoms with Crippen LogP contribution in [0, 0.1) is 18.3 Å². The number of carbonyl (C=O) groups excluding carboxylic acids is 1. The Kier molecular flexibility index (Phi) is 6.75. The largest absolute Gasteiger partial charge is 0.372 e. The minimum Gasteiger partial charge on any atom is -0.372 e. The zero-order valence-corrected chi connectivity index (χ0v) is 21.9. The number of hydrogen-bond donors (Lipinski definition) is 1. The van der Waals surface area contributed by atoms with Crippen molar-refractivity contribution in [3.8, 4) is 6.07 Å². The van der Waals surface area contributed by atoms with Gasteiger partial charge >= 0.3 is 0 Å². The number of H-pyrrole nitrogens is 1. The summed E-state index contributed by atoms with van der Waals surface area (Å²) in [6.45, 7) is 5.19. The zero-order chi connectivity index (χ0) is 26.9. The third kappa shape index (κ3) is 4.86. The van der Waals surface area contributed by atoms with Crippen LogP contribution in [0.25, 0.3) is 0 Å². The molecule has 6 rings (SSSR count). The van der Waals surface area contributed by atoms with Crippen molar-refractivity contribution in [2.45, 2.75) is 51.0 Å². The van der Waals surface area contributed by atoms with E-state index in [1.54, 1.807) is 18.5 Å². The molecule has 0 saturated carbocycles. The Morgan fingerprint density at radius 2 is 1.95 bits per heavy atom. The Morgan fingerprint density at radius 3 is 2.72 bits per heavy atom. The number of amides is 1. The first-order valence-corrected chi connectivity index (χ1v) is 13.4. The number of ether oxygens (including phenoxy) is 1. The Bertz CT molecular complexity index is 1460. The second kappa shape index (κ2) is 10.5. The van der Waals surface area contributed by atoms with E-state index in [0.717, 1.165) is 24.3 Å². The molecule has 2 aromatic heterocycles. The molecule has 10 heteroatoms. The summed E-state index contributed by atoms with van der Waals surface area (Å²) in [6.07, 6.45) is 5.13. The van der Waals surface area contributed by atoms with Crippen molar-refractivity contribution < 1.29 is 9.53 Å². The van der Waals surface area contributed by atoms with Crippen molar-refractivity contribution in [3.05, 3.63) is 81.4 Å². The van der Waals surface area contributed by atoms with Gasteiger partial charge in [0.1, 0.15) is 11.9 Å². The number of benzene rings is 1. The molecular weight excluding hydrogens is 494 g/mol. The maximum absolute atomic E-state index is 13.2. The molecule has 3 aliphatic rings.